The van der Waals surface area contributed by atoms with Crippen LogP contribution in [0.15, 0.2) is 24.3 Å². The lowest BCUT2D eigenvalue weighted by Gasteiger charge is -2.27. The van der Waals surface area contributed by atoms with Gasteiger partial charge in [0.1, 0.15) is 29.6 Å². The number of benzene rings is 2. The minimum atomic E-state index is -0.578. The highest BCUT2D eigenvalue weighted by atomic mass is 19.3. The second-order valence-electron chi connectivity index (χ2n) is 7.85. The average Bonchev–Trinajstić information content (AvgIpc) is 2.78. The van der Waals surface area contributed by atoms with Crippen molar-refractivity contribution in [2.75, 3.05) is 7.11 Å². The number of phenols is 5. The molecule has 1 aliphatic heterocycles. The zero-order valence-corrected chi connectivity index (χ0v) is 18.1. The SMILES string of the molecule is COF.O=CC1CCC(O)CC1.Oc1cc(O)c2c(c1)OC(c1cc(O)c(O)c(O)c1)CC2. The third kappa shape index (κ3) is 7.13. The first-order chi connectivity index (χ1) is 15.7. The van der Waals surface area contributed by atoms with Gasteiger partial charge in [0.25, 0.3) is 0 Å². The highest BCUT2D eigenvalue weighted by Crippen LogP contribution is 2.44. The van der Waals surface area contributed by atoms with Crippen molar-refractivity contribution in [2.45, 2.75) is 50.7 Å². The summed E-state index contributed by atoms with van der Waals surface area (Å²) in [4.78, 5) is 12.9. The van der Waals surface area contributed by atoms with Crippen LogP contribution in [0.4, 0.5) is 4.53 Å². The molecule has 1 fully saturated rings. The molecular formula is C23H29FO9. The smallest absolute Gasteiger partial charge is 0.200 e. The Kier molecular flexibility index (Phi) is 9.56. The summed E-state index contributed by atoms with van der Waals surface area (Å²) in [5.41, 5.74) is 1.10. The maximum atomic E-state index is 10.2. The topological polar surface area (TPSA) is 157 Å². The van der Waals surface area contributed by atoms with Crippen LogP contribution < -0.4 is 4.74 Å². The Morgan fingerprint density at radius 3 is 2.06 bits per heavy atom. The maximum absolute atomic E-state index is 10.2. The van der Waals surface area contributed by atoms with Gasteiger partial charge in [-0.05, 0) is 60.7 Å². The van der Waals surface area contributed by atoms with Gasteiger partial charge in [0.2, 0.25) is 0 Å². The van der Waals surface area contributed by atoms with E-state index in [2.05, 4.69) is 4.94 Å². The van der Waals surface area contributed by atoms with Crippen LogP contribution in [-0.4, -0.2) is 50.1 Å². The van der Waals surface area contributed by atoms with Crippen LogP contribution in [0, 0.1) is 5.92 Å². The molecule has 0 bridgehead atoms. The second kappa shape index (κ2) is 12.1. The van der Waals surface area contributed by atoms with Gasteiger partial charge in [-0.3, -0.25) is 0 Å². The van der Waals surface area contributed by atoms with E-state index in [1.165, 1.54) is 24.3 Å². The number of aromatic hydroxyl groups is 5. The first kappa shape index (κ1) is 26.0. The normalized spacial score (nSPS) is 21.2. The van der Waals surface area contributed by atoms with Gasteiger partial charge in [-0.1, -0.05) is 0 Å². The number of carbonyl (C=O) groups excluding carboxylic acids is 1. The van der Waals surface area contributed by atoms with Crippen molar-refractivity contribution in [1.29, 1.82) is 0 Å². The molecule has 9 nitrogen and oxygen atoms in total. The molecule has 2 aliphatic rings. The number of halogens is 1. The molecule has 0 aromatic heterocycles. The molecule has 0 saturated heterocycles. The van der Waals surface area contributed by atoms with E-state index >= 15 is 0 Å². The summed E-state index contributed by atoms with van der Waals surface area (Å²) >= 11 is 0. The van der Waals surface area contributed by atoms with Gasteiger partial charge < -0.3 is 40.2 Å². The summed E-state index contributed by atoms with van der Waals surface area (Å²) < 4.78 is 15.5. The monoisotopic (exact) mass is 468 g/mol. The van der Waals surface area contributed by atoms with Crippen LogP contribution in [0.25, 0.3) is 0 Å². The summed E-state index contributed by atoms with van der Waals surface area (Å²) in [6, 6.07) is 5.28. The highest BCUT2D eigenvalue weighted by Gasteiger charge is 2.26. The quantitative estimate of drug-likeness (QED) is 0.286. The molecule has 1 saturated carbocycles. The number of hydrogen-bond acceptors (Lipinski definition) is 9. The predicted molar refractivity (Wildman–Crippen MR) is 115 cm³/mol. The Bertz CT molecular complexity index is 903. The molecule has 0 radical (unpaired) electrons. The van der Waals surface area contributed by atoms with Gasteiger partial charge in [-0.25, -0.2) is 0 Å². The van der Waals surface area contributed by atoms with Crippen LogP contribution in [0.1, 0.15) is 49.3 Å². The number of fused-ring (bicyclic) bond motifs is 1. The van der Waals surface area contributed by atoms with E-state index in [-0.39, 0.29) is 23.5 Å². The van der Waals surface area contributed by atoms with Crippen molar-refractivity contribution in [3.8, 4) is 34.5 Å². The van der Waals surface area contributed by atoms with Gasteiger partial charge >= 0.3 is 0 Å². The largest absolute Gasteiger partial charge is 0.508 e. The number of phenolic OH excluding ortho intramolecular Hbond substituents is 5. The molecule has 182 valence electrons. The molecule has 1 atom stereocenters. The van der Waals surface area contributed by atoms with E-state index in [1.54, 1.807) is 0 Å². The van der Waals surface area contributed by atoms with Crippen molar-refractivity contribution < 1.29 is 49.6 Å². The molecule has 1 aliphatic carbocycles. The number of aldehydes is 1. The number of ether oxygens (including phenoxy) is 1. The van der Waals surface area contributed by atoms with Crippen LogP contribution >= 0.6 is 0 Å². The number of rotatable bonds is 2. The van der Waals surface area contributed by atoms with E-state index < -0.39 is 23.4 Å². The Labute approximate surface area is 190 Å². The minimum absolute atomic E-state index is 0.0279. The zero-order chi connectivity index (χ0) is 24.5. The molecule has 0 spiro atoms. The van der Waals surface area contributed by atoms with Crippen molar-refractivity contribution >= 4 is 6.29 Å². The lowest BCUT2D eigenvalue weighted by molar-refractivity contribution is -0.112. The minimum Gasteiger partial charge on any atom is -0.508 e. The van der Waals surface area contributed by atoms with Gasteiger partial charge in [0.15, 0.2) is 17.2 Å². The van der Waals surface area contributed by atoms with Crippen LogP contribution in [0.2, 0.25) is 0 Å². The zero-order valence-electron chi connectivity index (χ0n) is 18.1. The van der Waals surface area contributed by atoms with E-state index in [0.29, 0.717) is 29.7 Å². The van der Waals surface area contributed by atoms with Crippen molar-refractivity contribution in [2.24, 2.45) is 5.92 Å². The first-order valence-electron chi connectivity index (χ1n) is 10.4. The Balaban J connectivity index is 0.000000267. The molecular weight excluding hydrogens is 439 g/mol. The van der Waals surface area contributed by atoms with Crippen molar-refractivity contribution in [3.63, 3.8) is 0 Å². The third-order valence-electron chi connectivity index (χ3n) is 5.49. The fourth-order valence-corrected chi connectivity index (χ4v) is 3.74. The third-order valence-corrected chi connectivity index (χ3v) is 5.49. The van der Waals surface area contributed by atoms with Crippen molar-refractivity contribution in [3.05, 3.63) is 35.4 Å². The number of carbonyl (C=O) groups is 1. The fourth-order valence-electron chi connectivity index (χ4n) is 3.74. The lowest BCUT2D eigenvalue weighted by Crippen LogP contribution is -2.18. The second-order valence-corrected chi connectivity index (χ2v) is 7.85. The van der Waals surface area contributed by atoms with Crippen LogP contribution in [-0.2, 0) is 16.2 Å². The van der Waals surface area contributed by atoms with Gasteiger partial charge in [-0.2, -0.15) is 4.94 Å². The molecule has 1 unspecified atom stereocenters. The summed E-state index contributed by atoms with van der Waals surface area (Å²) in [7, 11) is 0.958. The Hall–Kier alpha value is -3.24. The molecule has 10 heteroatoms. The summed E-state index contributed by atoms with van der Waals surface area (Å²) in [6.45, 7) is 0. The van der Waals surface area contributed by atoms with Crippen LogP contribution in [0.5, 0.6) is 34.5 Å². The van der Waals surface area contributed by atoms with Gasteiger partial charge in [0, 0.05) is 23.6 Å². The Morgan fingerprint density at radius 1 is 0.939 bits per heavy atom. The van der Waals surface area contributed by atoms with E-state index in [0.717, 1.165) is 39.1 Å². The average molecular weight is 468 g/mol. The molecule has 4 rings (SSSR count). The molecule has 0 amide bonds. The predicted octanol–water partition coefficient (Wildman–Crippen LogP) is 3.53. The molecule has 1 heterocycles. The number of hydrogen-bond donors (Lipinski definition) is 6. The highest BCUT2D eigenvalue weighted by molar-refractivity contribution is 5.54. The molecule has 33 heavy (non-hydrogen) atoms. The molecule has 2 aromatic rings. The number of aliphatic hydroxyl groups excluding tert-OH is 1. The van der Waals surface area contributed by atoms with Crippen molar-refractivity contribution in [1.82, 2.24) is 0 Å². The van der Waals surface area contributed by atoms with E-state index in [4.69, 9.17) is 9.84 Å². The van der Waals surface area contributed by atoms with Gasteiger partial charge in [-0.15, -0.1) is 0 Å². The Morgan fingerprint density at radius 2 is 1.52 bits per heavy atom. The van der Waals surface area contributed by atoms with E-state index in [9.17, 15) is 34.9 Å². The summed E-state index contributed by atoms with van der Waals surface area (Å²) in [5.74, 6) is -0.992. The lowest BCUT2D eigenvalue weighted by atomic mass is 9.89. The van der Waals surface area contributed by atoms with Crippen LogP contribution in [0.3, 0.4) is 0 Å². The first-order valence-corrected chi connectivity index (χ1v) is 10.4. The maximum Gasteiger partial charge on any atom is 0.200 e. The van der Waals surface area contributed by atoms with E-state index in [1.807, 2.05) is 0 Å². The summed E-state index contributed by atoms with van der Waals surface area (Å²) in [6.07, 6.45) is 4.83. The fraction of sp³-hybridized carbons (Fsp3) is 0.435. The van der Waals surface area contributed by atoms with Gasteiger partial charge in [0.05, 0.1) is 13.2 Å². The molecule has 2 aromatic carbocycles. The standard InChI is InChI=1S/C15H14O6.C7H12O2.CH3FO/c16-8-5-10(17)9-1-2-13(21-14(9)6-8)7-3-11(18)15(20)12(19)4-7;8-5-6-1-3-7(9)4-2-6;1-3-2/h3-6,13,16-20H,1-2H2;5-7,9H,1-4H2;1H3. The summed E-state index contributed by atoms with van der Waals surface area (Å²) in [5, 5.41) is 56.7. The molecule has 6 N–H and O–H groups in total. The number of aliphatic hydroxyl groups is 1.